The number of benzene rings is 2. The Kier molecular flexibility index (Phi) is 5.15. The molecule has 4 heteroatoms. The molecule has 0 fully saturated rings. The molecule has 2 rings (SSSR count). The molecule has 104 valence electrons. The minimum Gasteiger partial charge on any atom is -0.332 e. The lowest BCUT2D eigenvalue weighted by Crippen LogP contribution is -2.40. The van der Waals surface area contributed by atoms with Crippen molar-refractivity contribution in [2.75, 3.05) is 10.2 Å². The van der Waals surface area contributed by atoms with Gasteiger partial charge in [-0.25, -0.2) is 0 Å². The lowest BCUT2D eigenvalue weighted by atomic mass is 10.2. The van der Waals surface area contributed by atoms with E-state index in [0.717, 1.165) is 15.8 Å². The van der Waals surface area contributed by atoms with Gasteiger partial charge in [0.05, 0.1) is 0 Å². The molecule has 0 heterocycles. The fraction of sp³-hybridized carbons (Fsp3) is 0.188. The van der Waals surface area contributed by atoms with Crippen molar-refractivity contribution in [2.24, 2.45) is 0 Å². The Morgan fingerprint density at radius 2 is 1.80 bits per heavy atom. The molecule has 0 aliphatic carbocycles. The molecule has 0 unspecified atom stereocenters. The second-order valence-electron chi connectivity index (χ2n) is 4.74. The van der Waals surface area contributed by atoms with Crippen molar-refractivity contribution in [2.45, 2.75) is 19.9 Å². The van der Waals surface area contributed by atoms with Crippen LogP contribution >= 0.6 is 28.1 Å². The highest BCUT2D eigenvalue weighted by molar-refractivity contribution is 9.10. The Bertz CT molecular complexity index is 584. The zero-order valence-corrected chi connectivity index (χ0v) is 13.9. The molecular weight excluding hydrogens is 332 g/mol. The summed E-state index contributed by atoms with van der Waals surface area (Å²) in [7, 11) is 0. The summed E-state index contributed by atoms with van der Waals surface area (Å²) in [6, 6.07) is 18.4. The summed E-state index contributed by atoms with van der Waals surface area (Å²) in [5.41, 5.74) is 2.07. The van der Waals surface area contributed by atoms with E-state index >= 15 is 0 Å². The predicted molar refractivity (Wildman–Crippen MR) is 94.4 cm³/mol. The van der Waals surface area contributed by atoms with Gasteiger partial charge >= 0.3 is 0 Å². The molecule has 0 aliphatic rings. The van der Waals surface area contributed by atoms with Crippen LogP contribution in [-0.2, 0) is 0 Å². The second kappa shape index (κ2) is 6.86. The van der Waals surface area contributed by atoms with Crippen molar-refractivity contribution < 1.29 is 0 Å². The first-order chi connectivity index (χ1) is 9.58. The van der Waals surface area contributed by atoms with Gasteiger partial charge in [-0.3, -0.25) is 0 Å². The number of anilines is 2. The number of nitrogens with zero attached hydrogens (tertiary/aromatic N) is 1. The highest BCUT2D eigenvalue weighted by Gasteiger charge is 2.15. The van der Waals surface area contributed by atoms with Crippen molar-refractivity contribution in [1.82, 2.24) is 0 Å². The van der Waals surface area contributed by atoms with Crippen LogP contribution in [0.4, 0.5) is 11.4 Å². The van der Waals surface area contributed by atoms with Gasteiger partial charge in [-0.1, -0.05) is 40.2 Å². The normalized spacial score (nSPS) is 10.4. The fourth-order valence-corrected chi connectivity index (χ4v) is 2.82. The number of nitrogens with one attached hydrogen (secondary N) is 1. The molecule has 0 atom stereocenters. The molecule has 0 radical (unpaired) electrons. The minimum absolute atomic E-state index is 0.282. The zero-order valence-electron chi connectivity index (χ0n) is 11.5. The van der Waals surface area contributed by atoms with Crippen LogP contribution in [0.5, 0.6) is 0 Å². The standard InChI is InChI=1S/C16H17BrN2S/c1-12(2)19(15-9-4-3-5-10-15)16(20)18-14-8-6-7-13(17)11-14/h3-12H,1-2H3,(H,18,20). The number of hydrogen-bond donors (Lipinski definition) is 1. The molecule has 20 heavy (non-hydrogen) atoms. The summed E-state index contributed by atoms with van der Waals surface area (Å²) >= 11 is 9.02. The number of hydrogen-bond acceptors (Lipinski definition) is 1. The van der Waals surface area contributed by atoms with Gasteiger partial charge in [0.2, 0.25) is 0 Å². The van der Waals surface area contributed by atoms with Crippen LogP contribution in [-0.4, -0.2) is 11.2 Å². The van der Waals surface area contributed by atoms with E-state index in [4.69, 9.17) is 12.2 Å². The quantitative estimate of drug-likeness (QED) is 0.780. The van der Waals surface area contributed by atoms with Gasteiger partial charge in [-0.15, -0.1) is 0 Å². The van der Waals surface area contributed by atoms with E-state index in [9.17, 15) is 0 Å². The van der Waals surface area contributed by atoms with Crippen LogP contribution in [0.25, 0.3) is 0 Å². The topological polar surface area (TPSA) is 15.3 Å². The van der Waals surface area contributed by atoms with Gasteiger partial charge in [0.25, 0.3) is 0 Å². The maximum absolute atomic E-state index is 5.56. The van der Waals surface area contributed by atoms with Crippen LogP contribution in [0.2, 0.25) is 0 Å². The summed E-state index contributed by atoms with van der Waals surface area (Å²) in [6.45, 7) is 4.25. The fourth-order valence-electron chi connectivity index (χ4n) is 1.99. The minimum atomic E-state index is 0.282. The van der Waals surface area contributed by atoms with Crippen LogP contribution in [0.3, 0.4) is 0 Å². The van der Waals surface area contributed by atoms with Crippen LogP contribution in [0, 0.1) is 0 Å². The Labute approximate surface area is 133 Å². The summed E-state index contributed by atoms with van der Waals surface area (Å²) in [5, 5.41) is 3.99. The molecule has 0 aliphatic heterocycles. The Hall–Kier alpha value is -1.39. The molecule has 0 bridgehead atoms. The molecule has 2 nitrogen and oxygen atoms in total. The number of halogens is 1. The van der Waals surface area contributed by atoms with Crippen molar-refractivity contribution in [3.63, 3.8) is 0 Å². The maximum atomic E-state index is 5.56. The highest BCUT2D eigenvalue weighted by atomic mass is 79.9. The largest absolute Gasteiger partial charge is 0.332 e. The van der Waals surface area contributed by atoms with Gasteiger partial charge < -0.3 is 10.2 Å². The monoisotopic (exact) mass is 348 g/mol. The molecule has 0 amide bonds. The first-order valence-electron chi connectivity index (χ1n) is 6.49. The van der Waals surface area contributed by atoms with Gasteiger partial charge in [0.15, 0.2) is 5.11 Å². The first kappa shape index (κ1) is 15.0. The second-order valence-corrected chi connectivity index (χ2v) is 6.04. The average Bonchev–Trinajstić information content (AvgIpc) is 2.39. The zero-order chi connectivity index (χ0) is 14.5. The van der Waals surface area contributed by atoms with E-state index in [-0.39, 0.29) is 6.04 Å². The first-order valence-corrected chi connectivity index (χ1v) is 7.69. The van der Waals surface area contributed by atoms with Crippen molar-refractivity contribution in [3.05, 3.63) is 59.1 Å². The van der Waals surface area contributed by atoms with E-state index in [0.29, 0.717) is 5.11 Å². The Morgan fingerprint density at radius 3 is 2.40 bits per heavy atom. The number of thiocarbonyl (C=S) groups is 1. The highest BCUT2D eigenvalue weighted by Crippen LogP contribution is 2.20. The summed E-state index contributed by atoms with van der Waals surface area (Å²) in [4.78, 5) is 2.11. The lowest BCUT2D eigenvalue weighted by Gasteiger charge is -2.29. The molecule has 1 N–H and O–H groups in total. The molecular formula is C16H17BrN2S. The molecule has 0 spiro atoms. The van der Waals surface area contributed by atoms with Crippen molar-refractivity contribution in [3.8, 4) is 0 Å². The van der Waals surface area contributed by atoms with Crippen molar-refractivity contribution in [1.29, 1.82) is 0 Å². The molecule has 2 aromatic carbocycles. The van der Waals surface area contributed by atoms with Crippen LogP contribution in [0.15, 0.2) is 59.1 Å². The summed E-state index contributed by atoms with van der Waals surface area (Å²) < 4.78 is 1.03. The molecule has 0 saturated carbocycles. The molecule has 2 aromatic rings. The van der Waals surface area contributed by atoms with E-state index in [1.807, 2.05) is 42.5 Å². The van der Waals surface area contributed by atoms with Crippen LogP contribution in [0.1, 0.15) is 13.8 Å². The van der Waals surface area contributed by atoms with Gasteiger partial charge in [-0.2, -0.15) is 0 Å². The van der Waals surface area contributed by atoms with Gasteiger partial charge in [-0.05, 0) is 56.4 Å². The Morgan fingerprint density at radius 1 is 1.10 bits per heavy atom. The van der Waals surface area contributed by atoms with E-state index in [1.165, 1.54) is 0 Å². The molecule has 0 saturated heterocycles. The molecule has 0 aromatic heterocycles. The maximum Gasteiger partial charge on any atom is 0.178 e. The Balaban J connectivity index is 2.20. The SMILES string of the molecule is CC(C)N(C(=S)Nc1cccc(Br)c1)c1ccccc1. The number of rotatable bonds is 3. The lowest BCUT2D eigenvalue weighted by molar-refractivity contribution is 0.811. The third kappa shape index (κ3) is 3.81. The summed E-state index contributed by atoms with van der Waals surface area (Å²) in [6.07, 6.45) is 0. The predicted octanol–water partition coefficient (Wildman–Crippen LogP) is 5.06. The number of para-hydroxylation sites is 1. The third-order valence-electron chi connectivity index (χ3n) is 2.85. The van der Waals surface area contributed by atoms with E-state index in [1.54, 1.807) is 0 Å². The average molecular weight is 349 g/mol. The third-order valence-corrected chi connectivity index (χ3v) is 3.64. The smallest absolute Gasteiger partial charge is 0.178 e. The summed E-state index contributed by atoms with van der Waals surface area (Å²) in [5.74, 6) is 0. The van der Waals surface area contributed by atoms with E-state index in [2.05, 4.69) is 52.1 Å². The van der Waals surface area contributed by atoms with E-state index < -0.39 is 0 Å². The van der Waals surface area contributed by atoms with Crippen LogP contribution < -0.4 is 10.2 Å². The van der Waals surface area contributed by atoms with Crippen molar-refractivity contribution >= 4 is 44.6 Å². The van der Waals surface area contributed by atoms with Gasteiger partial charge in [0, 0.05) is 21.9 Å². The van der Waals surface area contributed by atoms with Gasteiger partial charge in [0.1, 0.15) is 0 Å².